The lowest BCUT2D eigenvalue weighted by Gasteiger charge is -2.35. The van der Waals surface area contributed by atoms with Gasteiger partial charge in [-0.2, -0.15) is 0 Å². The summed E-state index contributed by atoms with van der Waals surface area (Å²) in [5.74, 6) is -0.0284. The smallest absolute Gasteiger partial charge is 0.229 e. The van der Waals surface area contributed by atoms with Crippen molar-refractivity contribution in [3.8, 4) is 0 Å². The van der Waals surface area contributed by atoms with Crippen molar-refractivity contribution in [1.29, 1.82) is 0 Å². The predicted octanol–water partition coefficient (Wildman–Crippen LogP) is 3.40. The summed E-state index contributed by atoms with van der Waals surface area (Å²) in [4.78, 5) is 27.0. The van der Waals surface area contributed by atoms with E-state index in [1.807, 2.05) is 61.7 Å². The van der Waals surface area contributed by atoms with E-state index in [1.54, 1.807) is 0 Å². The average Bonchev–Trinajstić information content (AvgIpc) is 2.94. The second kappa shape index (κ2) is 6.54. The molecule has 0 aliphatic carbocycles. The Morgan fingerprint density at radius 1 is 1.20 bits per heavy atom. The molecule has 1 aromatic carbocycles. The molecule has 2 heterocycles. The second-order valence-corrected chi connectivity index (χ2v) is 8.03. The van der Waals surface area contributed by atoms with Gasteiger partial charge in [-0.3, -0.25) is 9.59 Å². The lowest BCUT2D eigenvalue weighted by molar-refractivity contribution is -0.142. The molecule has 0 unspecified atom stereocenters. The molecule has 1 fully saturated rings. The van der Waals surface area contributed by atoms with Crippen LogP contribution in [0.5, 0.6) is 0 Å². The summed E-state index contributed by atoms with van der Waals surface area (Å²) in [6.07, 6.45) is 3.70. The minimum absolute atomic E-state index is 0.0000293. The summed E-state index contributed by atoms with van der Waals surface area (Å²) in [6, 6.07) is 7.99. The van der Waals surface area contributed by atoms with Crippen molar-refractivity contribution in [2.24, 2.45) is 18.4 Å². The fourth-order valence-corrected chi connectivity index (χ4v) is 3.43. The fraction of sp³-hybridized carbons (Fsp3) is 0.500. The third kappa shape index (κ3) is 3.70. The van der Waals surface area contributed by atoms with Crippen LogP contribution in [-0.2, 0) is 16.6 Å². The number of amides is 2. The van der Waals surface area contributed by atoms with Crippen molar-refractivity contribution in [2.45, 2.75) is 33.6 Å². The number of aromatic nitrogens is 1. The quantitative estimate of drug-likeness (QED) is 0.910. The highest BCUT2D eigenvalue weighted by molar-refractivity contribution is 5.95. The Morgan fingerprint density at radius 2 is 1.96 bits per heavy atom. The van der Waals surface area contributed by atoms with Gasteiger partial charge >= 0.3 is 0 Å². The Balaban J connectivity index is 1.69. The second-order valence-electron chi connectivity index (χ2n) is 8.03. The Morgan fingerprint density at radius 3 is 2.68 bits per heavy atom. The summed E-state index contributed by atoms with van der Waals surface area (Å²) in [5.41, 5.74) is 1.49. The highest BCUT2D eigenvalue weighted by Crippen LogP contribution is 2.25. The van der Waals surface area contributed by atoms with E-state index >= 15 is 0 Å². The van der Waals surface area contributed by atoms with Crippen LogP contribution in [0.15, 0.2) is 30.5 Å². The maximum Gasteiger partial charge on any atom is 0.229 e. The summed E-state index contributed by atoms with van der Waals surface area (Å²) < 4.78 is 2.04. The third-order valence-corrected chi connectivity index (χ3v) is 4.88. The summed E-state index contributed by atoms with van der Waals surface area (Å²) in [5, 5.41) is 4.18. The number of benzene rings is 1. The molecule has 1 saturated heterocycles. The molecule has 1 aliphatic heterocycles. The van der Waals surface area contributed by atoms with Gasteiger partial charge in [0.15, 0.2) is 0 Å². The molecule has 1 aliphatic rings. The first-order valence-corrected chi connectivity index (χ1v) is 8.91. The van der Waals surface area contributed by atoms with Gasteiger partial charge in [0, 0.05) is 43.0 Å². The van der Waals surface area contributed by atoms with Gasteiger partial charge in [0.25, 0.3) is 0 Å². The molecule has 134 valence electrons. The van der Waals surface area contributed by atoms with Gasteiger partial charge in [-0.15, -0.1) is 0 Å². The van der Waals surface area contributed by atoms with Crippen LogP contribution in [0.1, 0.15) is 33.6 Å². The Bertz CT molecular complexity index is 801. The van der Waals surface area contributed by atoms with Gasteiger partial charge in [0.1, 0.15) is 0 Å². The topological polar surface area (TPSA) is 54.3 Å². The fourth-order valence-electron chi connectivity index (χ4n) is 3.43. The number of anilines is 1. The van der Waals surface area contributed by atoms with Crippen LogP contribution < -0.4 is 5.32 Å². The molecule has 5 nitrogen and oxygen atoms in total. The highest BCUT2D eigenvalue weighted by atomic mass is 16.2. The Labute approximate surface area is 149 Å². The van der Waals surface area contributed by atoms with Gasteiger partial charge in [-0.1, -0.05) is 26.8 Å². The van der Waals surface area contributed by atoms with Crippen molar-refractivity contribution in [3.05, 3.63) is 30.5 Å². The van der Waals surface area contributed by atoms with Crippen molar-refractivity contribution >= 4 is 28.4 Å². The number of hydrogen-bond acceptors (Lipinski definition) is 2. The molecule has 3 rings (SSSR count). The van der Waals surface area contributed by atoms with Gasteiger partial charge in [-0.05, 0) is 36.4 Å². The van der Waals surface area contributed by atoms with Gasteiger partial charge < -0.3 is 14.8 Å². The lowest BCUT2D eigenvalue weighted by atomic mass is 9.91. The zero-order chi connectivity index (χ0) is 18.2. The number of rotatable bonds is 2. The zero-order valence-electron chi connectivity index (χ0n) is 15.5. The first kappa shape index (κ1) is 17.5. The van der Waals surface area contributed by atoms with E-state index in [-0.39, 0.29) is 17.7 Å². The summed E-state index contributed by atoms with van der Waals surface area (Å²) in [7, 11) is 1.99. The predicted molar refractivity (Wildman–Crippen MR) is 100 cm³/mol. The molecule has 0 spiro atoms. The average molecular weight is 341 g/mol. The number of nitrogens with zero attached hydrogens (tertiary/aromatic N) is 2. The molecule has 0 saturated carbocycles. The monoisotopic (exact) mass is 341 g/mol. The molecule has 5 heteroatoms. The first-order chi connectivity index (χ1) is 11.8. The Hall–Kier alpha value is -2.30. The van der Waals surface area contributed by atoms with Crippen LogP contribution in [0.4, 0.5) is 5.69 Å². The molecular weight excluding hydrogens is 314 g/mol. The molecule has 2 amide bonds. The SMILES string of the molecule is Cn1ccc2ccc(NC(=O)[C@H]3CCCN(C(=O)C(C)(C)C)C3)cc21. The molecule has 0 radical (unpaired) electrons. The number of carbonyl (C=O) groups excluding carboxylic acids is 2. The van der Waals surface area contributed by atoms with Crippen LogP contribution in [0, 0.1) is 11.3 Å². The normalized spacial score (nSPS) is 18.4. The minimum Gasteiger partial charge on any atom is -0.350 e. The van der Waals surface area contributed by atoms with E-state index in [2.05, 4.69) is 11.4 Å². The van der Waals surface area contributed by atoms with Crippen molar-refractivity contribution in [1.82, 2.24) is 9.47 Å². The number of nitrogens with one attached hydrogen (secondary N) is 1. The maximum absolute atomic E-state index is 12.7. The van der Waals surface area contributed by atoms with Crippen molar-refractivity contribution < 1.29 is 9.59 Å². The van der Waals surface area contributed by atoms with Crippen molar-refractivity contribution in [3.63, 3.8) is 0 Å². The summed E-state index contributed by atoms with van der Waals surface area (Å²) >= 11 is 0. The number of piperidine rings is 1. The number of carbonyl (C=O) groups is 2. The molecule has 25 heavy (non-hydrogen) atoms. The van der Waals surface area contributed by atoms with Crippen LogP contribution in [-0.4, -0.2) is 34.4 Å². The largest absolute Gasteiger partial charge is 0.350 e. The Kier molecular flexibility index (Phi) is 4.58. The number of hydrogen-bond donors (Lipinski definition) is 1. The number of likely N-dealkylation sites (tertiary alicyclic amines) is 1. The van der Waals surface area contributed by atoms with Crippen LogP contribution in [0.25, 0.3) is 10.9 Å². The number of fused-ring (bicyclic) bond motifs is 1. The third-order valence-electron chi connectivity index (χ3n) is 4.88. The highest BCUT2D eigenvalue weighted by Gasteiger charge is 2.33. The first-order valence-electron chi connectivity index (χ1n) is 8.91. The standard InChI is InChI=1S/C20H27N3O2/c1-20(2,3)19(25)23-10-5-6-15(13-23)18(24)21-16-8-7-14-9-11-22(4)17(14)12-16/h7-9,11-12,15H,5-6,10,13H2,1-4H3,(H,21,24)/t15-/m0/s1. The van der Waals surface area contributed by atoms with E-state index in [0.29, 0.717) is 6.54 Å². The van der Waals surface area contributed by atoms with Gasteiger partial charge in [-0.25, -0.2) is 0 Å². The maximum atomic E-state index is 12.7. The van der Waals surface area contributed by atoms with E-state index in [1.165, 1.54) is 0 Å². The lowest BCUT2D eigenvalue weighted by Crippen LogP contribution is -2.47. The van der Waals surface area contributed by atoms with E-state index in [0.717, 1.165) is 36.0 Å². The molecule has 0 bridgehead atoms. The molecule has 1 N–H and O–H groups in total. The zero-order valence-corrected chi connectivity index (χ0v) is 15.5. The van der Waals surface area contributed by atoms with E-state index in [9.17, 15) is 9.59 Å². The molecule has 1 aromatic heterocycles. The molecular formula is C20H27N3O2. The molecule has 1 atom stereocenters. The van der Waals surface area contributed by atoms with Crippen LogP contribution in [0.3, 0.4) is 0 Å². The van der Waals surface area contributed by atoms with Crippen LogP contribution >= 0.6 is 0 Å². The van der Waals surface area contributed by atoms with E-state index in [4.69, 9.17) is 0 Å². The van der Waals surface area contributed by atoms with Gasteiger partial charge in [0.05, 0.1) is 5.92 Å². The van der Waals surface area contributed by atoms with E-state index < -0.39 is 5.41 Å². The van der Waals surface area contributed by atoms with Crippen LogP contribution in [0.2, 0.25) is 0 Å². The molecule has 2 aromatic rings. The minimum atomic E-state index is -0.407. The summed E-state index contributed by atoms with van der Waals surface area (Å²) in [6.45, 7) is 7.03. The number of aryl methyl sites for hydroxylation is 1. The van der Waals surface area contributed by atoms with Crippen molar-refractivity contribution in [2.75, 3.05) is 18.4 Å². The van der Waals surface area contributed by atoms with Gasteiger partial charge in [0.2, 0.25) is 11.8 Å².